The molecule has 2 aromatic rings. The van der Waals surface area contributed by atoms with Gasteiger partial charge in [-0.3, -0.25) is 0 Å². The van der Waals surface area contributed by atoms with Crippen LogP contribution in [0.4, 0.5) is 5.82 Å². The lowest BCUT2D eigenvalue weighted by molar-refractivity contribution is 0.178. The van der Waals surface area contributed by atoms with E-state index < -0.39 is 0 Å². The maximum absolute atomic E-state index is 5.95. The van der Waals surface area contributed by atoms with Gasteiger partial charge in [-0.1, -0.05) is 18.5 Å². The number of hydrogen-bond acceptors (Lipinski definition) is 5. The molecule has 1 N–H and O–H groups in total. The number of methoxy groups -OCH3 is 1. The first-order chi connectivity index (χ1) is 9.21. The van der Waals surface area contributed by atoms with Gasteiger partial charge in [0.2, 0.25) is 0 Å². The molecule has 0 saturated carbocycles. The molecule has 0 saturated heterocycles. The Morgan fingerprint density at radius 1 is 1.32 bits per heavy atom. The van der Waals surface area contributed by atoms with Crippen molar-refractivity contribution in [1.82, 2.24) is 9.97 Å². The Morgan fingerprint density at radius 2 is 2.11 bits per heavy atom. The zero-order valence-electron chi connectivity index (χ0n) is 10.9. The van der Waals surface area contributed by atoms with Crippen LogP contribution in [0.1, 0.15) is 22.5 Å². The molecule has 0 aliphatic rings. The summed E-state index contributed by atoms with van der Waals surface area (Å²) in [5.41, 5.74) is 0. The minimum atomic E-state index is 0.355. The van der Waals surface area contributed by atoms with Crippen LogP contribution in [0.2, 0.25) is 5.15 Å². The second-order valence-electron chi connectivity index (χ2n) is 4.00. The molecule has 0 spiro atoms. The second kappa shape index (κ2) is 6.84. The molecule has 0 radical (unpaired) electrons. The van der Waals surface area contributed by atoms with Gasteiger partial charge in [0, 0.05) is 22.9 Å². The number of aromatic nitrogens is 2. The van der Waals surface area contributed by atoms with Gasteiger partial charge in [-0.15, -0.1) is 11.3 Å². The van der Waals surface area contributed by atoms with Gasteiger partial charge in [0.15, 0.2) is 5.82 Å². The average Bonchev–Trinajstić information content (AvgIpc) is 2.84. The first kappa shape index (κ1) is 14.2. The Kier molecular flexibility index (Phi) is 5.13. The zero-order valence-corrected chi connectivity index (χ0v) is 12.5. The minimum Gasteiger partial charge on any atom is -0.377 e. The number of thiophene rings is 1. The molecular formula is C13H16ClN3OS. The lowest BCUT2D eigenvalue weighted by atomic mass is 10.3. The van der Waals surface area contributed by atoms with E-state index in [1.807, 2.05) is 11.3 Å². The molecule has 6 heteroatoms. The predicted molar refractivity (Wildman–Crippen MR) is 78.8 cm³/mol. The van der Waals surface area contributed by atoms with Gasteiger partial charge < -0.3 is 10.1 Å². The monoisotopic (exact) mass is 297 g/mol. The van der Waals surface area contributed by atoms with Crippen LogP contribution in [0.25, 0.3) is 0 Å². The summed E-state index contributed by atoms with van der Waals surface area (Å²) < 4.78 is 5.01. The molecule has 4 nitrogen and oxygen atoms in total. The smallest absolute Gasteiger partial charge is 0.158 e. The van der Waals surface area contributed by atoms with E-state index >= 15 is 0 Å². The highest BCUT2D eigenvalue weighted by atomic mass is 35.5. The third kappa shape index (κ3) is 4.16. The summed E-state index contributed by atoms with van der Waals surface area (Å²) in [6.45, 7) is 3.25. The molecule has 0 aromatic carbocycles. The molecule has 0 aliphatic heterocycles. The van der Waals surface area contributed by atoms with Gasteiger partial charge in [0.25, 0.3) is 0 Å². The number of anilines is 1. The number of ether oxygens (including phenoxy) is 1. The first-order valence-corrected chi connectivity index (χ1v) is 7.24. The van der Waals surface area contributed by atoms with Gasteiger partial charge in [-0.2, -0.15) is 0 Å². The van der Waals surface area contributed by atoms with Gasteiger partial charge >= 0.3 is 0 Å². The number of halogens is 1. The Hall–Kier alpha value is -1.17. The SMILES string of the molecule is CCc1ccc(CNc2cc(Cl)nc(COC)n2)s1. The van der Waals surface area contributed by atoms with Crippen molar-refractivity contribution >= 4 is 28.8 Å². The number of hydrogen-bond donors (Lipinski definition) is 1. The van der Waals surface area contributed by atoms with E-state index in [0.29, 0.717) is 17.6 Å². The summed E-state index contributed by atoms with van der Waals surface area (Å²) in [5.74, 6) is 1.30. The van der Waals surface area contributed by atoms with Crippen LogP contribution in [0.5, 0.6) is 0 Å². The molecule has 0 amide bonds. The van der Waals surface area contributed by atoms with Crippen molar-refractivity contribution in [3.05, 3.63) is 38.9 Å². The molecule has 2 aromatic heterocycles. The second-order valence-corrected chi connectivity index (χ2v) is 5.64. The topological polar surface area (TPSA) is 47.0 Å². The highest BCUT2D eigenvalue weighted by molar-refractivity contribution is 7.12. The number of nitrogens with one attached hydrogen (secondary N) is 1. The Morgan fingerprint density at radius 3 is 2.79 bits per heavy atom. The van der Waals surface area contributed by atoms with E-state index in [9.17, 15) is 0 Å². The van der Waals surface area contributed by atoms with E-state index in [-0.39, 0.29) is 0 Å². The lowest BCUT2D eigenvalue weighted by Gasteiger charge is -2.06. The lowest BCUT2D eigenvalue weighted by Crippen LogP contribution is -2.04. The molecule has 0 bridgehead atoms. The fourth-order valence-electron chi connectivity index (χ4n) is 1.63. The molecule has 0 aliphatic carbocycles. The van der Waals surface area contributed by atoms with Crippen LogP contribution < -0.4 is 5.32 Å². The summed E-state index contributed by atoms with van der Waals surface area (Å²) >= 11 is 7.76. The third-order valence-corrected chi connectivity index (χ3v) is 3.95. The maximum atomic E-state index is 5.95. The van der Waals surface area contributed by atoms with Gasteiger partial charge in [0.05, 0.1) is 6.54 Å². The van der Waals surface area contributed by atoms with Crippen molar-refractivity contribution in [2.45, 2.75) is 26.5 Å². The van der Waals surface area contributed by atoms with Gasteiger partial charge in [-0.25, -0.2) is 9.97 Å². The third-order valence-electron chi connectivity index (χ3n) is 2.52. The van der Waals surface area contributed by atoms with Crippen LogP contribution in [-0.4, -0.2) is 17.1 Å². The van der Waals surface area contributed by atoms with E-state index in [4.69, 9.17) is 16.3 Å². The van der Waals surface area contributed by atoms with Crippen LogP contribution in [-0.2, 0) is 24.3 Å². The van der Waals surface area contributed by atoms with Crippen molar-refractivity contribution in [3.63, 3.8) is 0 Å². The van der Waals surface area contributed by atoms with E-state index in [2.05, 4.69) is 34.3 Å². The van der Waals surface area contributed by atoms with Crippen molar-refractivity contribution < 1.29 is 4.74 Å². The van der Waals surface area contributed by atoms with E-state index in [1.54, 1.807) is 13.2 Å². The van der Waals surface area contributed by atoms with Crippen molar-refractivity contribution in [1.29, 1.82) is 0 Å². The quantitative estimate of drug-likeness (QED) is 0.829. The van der Waals surface area contributed by atoms with Crippen LogP contribution in [0.15, 0.2) is 18.2 Å². The van der Waals surface area contributed by atoms with E-state index in [0.717, 1.165) is 18.8 Å². The molecule has 19 heavy (non-hydrogen) atoms. The summed E-state index contributed by atoms with van der Waals surface area (Å²) in [6, 6.07) is 6.01. The van der Waals surface area contributed by atoms with Crippen LogP contribution >= 0.6 is 22.9 Å². The molecule has 0 fully saturated rings. The highest BCUT2D eigenvalue weighted by Crippen LogP contribution is 2.19. The summed E-state index contributed by atoms with van der Waals surface area (Å²) in [7, 11) is 1.61. The number of aryl methyl sites for hydroxylation is 1. The average molecular weight is 298 g/mol. The Bertz CT molecular complexity index is 544. The molecule has 0 atom stereocenters. The maximum Gasteiger partial charge on any atom is 0.158 e. The minimum absolute atomic E-state index is 0.355. The van der Waals surface area contributed by atoms with Gasteiger partial charge in [-0.05, 0) is 18.6 Å². The Balaban J connectivity index is 2.02. The highest BCUT2D eigenvalue weighted by Gasteiger charge is 2.04. The summed E-state index contributed by atoms with van der Waals surface area (Å²) in [6.07, 6.45) is 1.07. The van der Waals surface area contributed by atoms with Gasteiger partial charge in [0.1, 0.15) is 17.6 Å². The van der Waals surface area contributed by atoms with Crippen molar-refractivity contribution in [2.24, 2.45) is 0 Å². The normalized spacial score (nSPS) is 10.7. The fraction of sp³-hybridized carbons (Fsp3) is 0.385. The molecule has 0 unspecified atom stereocenters. The zero-order chi connectivity index (χ0) is 13.7. The molecular weight excluding hydrogens is 282 g/mol. The largest absolute Gasteiger partial charge is 0.377 e. The van der Waals surface area contributed by atoms with Crippen molar-refractivity contribution in [3.8, 4) is 0 Å². The fourth-order valence-corrected chi connectivity index (χ4v) is 2.73. The summed E-state index contributed by atoms with van der Waals surface area (Å²) in [5, 5.41) is 3.68. The standard InChI is InChI=1S/C13H16ClN3OS/c1-3-9-4-5-10(19-9)7-15-12-6-11(14)16-13(17-12)8-18-2/h4-6H,3,7-8H2,1-2H3,(H,15,16,17). The summed E-state index contributed by atoms with van der Waals surface area (Å²) in [4.78, 5) is 11.1. The number of nitrogens with zero attached hydrogens (tertiary/aromatic N) is 2. The molecule has 2 heterocycles. The number of rotatable bonds is 6. The predicted octanol–water partition coefficient (Wildman–Crippen LogP) is 3.51. The first-order valence-electron chi connectivity index (χ1n) is 6.05. The molecule has 102 valence electrons. The van der Waals surface area contributed by atoms with Crippen molar-refractivity contribution in [2.75, 3.05) is 12.4 Å². The van der Waals surface area contributed by atoms with E-state index in [1.165, 1.54) is 9.75 Å². The van der Waals surface area contributed by atoms with Crippen LogP contribution in [0.3, 0.4) is 0 Å². The van der Waals surface area contributed by atoms with Crippen LogP contribution in [0, 0.1) is 0 Å². The Labute approximate surface area is 121 Å². The molecule has 2 rings (SSSR count).